The Balaban J connectivity index is 1.77. The second kappa shape index (κ2) is 5.59. The number of esters is 2. The molecular weight excluding hydrogens is 244 g/mol. The molecule has 2 saturated heterocycles. The smallest absolute Gasteiger partial charge is 0.369 e. The third-order valence-electron chi connectivity index (χ3n) is 4.54. The number of ether oxygens (including phenoxy) is 1. The molecule has 5 nitrogen and oxygen atoms in total. The molecule has 19 heavy (non-hydrogen) atoms. The zero-order valence-electron chi connectivity index (χ0n) is 12.2. The van der Waals surface area contributed by atoms with E-state index in [0.717, 1.165) is 60.8 Å². The summed E-state index contributed by atoms with van der Waals surface area (Å²) in [6, 6.07) is 0. The molecule has 0 amide bonds. The summed E-state index contributed by atoms with van der Waals surface area (Å²) in [5.41, 5.74) is 0. The molecule has 0 atom stereocenters. The van der Waals surface area contributed by atoms with Crippen LogP contribution < -0.4 is 0 Å². The van der Waals surface area contributed by atoms with Gasteiger partial charge < -0.3 is 13.7 Å². The molecule has 5 heteroatoms. The van der Waals surface area contributed by atoms with Crippen molar-refractivity contribution in [3.63, 3.8) is 0 Å². The summed E-state index contributed by atoms with van der Waals surface area (Å²) in [6.07, 6.45) is 4.64. The number of carbonyl (C=O) groups excluding carboxylic acids is 2. The number of quaternary nitrogens is 2. The Morgan fingerprint density at radius 3 is 1.42 bits per heavy atom. The first kappa shape index (κ1) is 14.5. The first-order valence-corrected chi connectivity index (χ1v) is 7.32. The molecule has 0 spiro atoms. The van der Waals surface area contributed by atoms with Gasteiger partial charge in [-0.05, 0) is 0 Å². The van der Waals surface area contributed by atoms with Gasteiger partial charge in [0.1, 0.15) is 0 Å². The molecule has 2 fully saturated rings. The van der Waals surface area contributed by atoms with Crippen molar-refractivity contribution in [1.82, 2.24) is 0 Å². The van der Waals surface area contributed by atoms with Gasteiger partial charge in [-0.2, -0.15) is 0 Å². The first-order valence-electron chi connectivity index (χ1n) is 7.32. The number of rotatable bonds is 4. The Bertz CT molecular complexity index is 322. The molecule has 2 aliphatic rings. The van der Waals surface area contributed by atoms with Crippen molar-refractivity contribution in [2.24, 2.45) is 0 Å². The number of carbonyl (C=O) groups is 2. The Hall–Kier alpha value is -0.940. The predicted octanol–water partition coefficient (Wildman–Crippen LogP) is 0.537. The van der Waals surface area contributed by atoms with Crippen LogP contribution in [0.4, 0.5) is 0 Å². The molecule has 0 radical (unpaired) electrons. The maximum Gasteiger partial charge on any atom is 0.369 e. The summed E-state index contributed by atoms with van der Waals surface area (Å²) >= 11 is 0. The molecule has 0 aliphatic carbocycles. The minimum atomic E-state index is -0.361. The fourth-order valence-corrected chi connectivity index (χ4v) is 3.33. The van der Waals surface area contributed by atoms with Crippen LogP contribution in [-0.4, -0.2) is 74.3 Å². The van der Waals surface area contributed by atoms with Gasteiger partial charge in [-0.15, -0.1) is 0 Å². The van der Waals surface area contributed by atoms with Gasteiger partial charge >= 0.3 is 11.9 Å². The molecule has 0 N–H and O–H groups in total. The van der Waals surface area contributed by atoms with E-state index >= 15 is 0 Å². The van der Waals surface area contributed by atoms with Crippen LogP contribution in [0.1, 0.15) is 25.7 Å². The van der Waals surface area contributed by atoms with E-state index in [1.54, 1.807) is 0 Å². The Morgan fingerprint density at radius 2 is 1.11 bits per heavy atom. The lowest BCUT2D eigenvalue weighted by atomic mass is 10.4. The van der Waals surface area contributed by atoms with Crippen LogP contribution in [0, 0.1) is 0 Å². The maximum absolute atomic E-state index is 11.8. The van der Waals surface area contributed by atoms with Gasteiger partial charge in [0, 0.05) is 25.7 Å². The normalized spacial score (nSPS) is 24.3. The van der Waals surface area contributed by atoms with E-state index in [2.05, 4.69) is 14.1 Å². The number of hydrogen-bond acceptors (Lipinski definition) is 3. The van der Waals surface area contributed by atoms with Crippen molar-refractivity contribution in [2.45, 2.75) is 25.7 Å². The number of nitrogens with zero attached hydrogens (tertiary/aromatic N) is 2. The van der Waals surface area contributed by atoms with Gasteiger partial charge in [0.25, 0.3) is 0 Å². The van der Waals surface area contributed by atoms with Crippen LogP contribution in [0.15, 0.2) is 0 Å². The van der Waals surface area contributed by atoms with Crippen LogP contribution in [0.3, 0.4) is 0 Å². The molecule has 2 heterocycles. The van der Waals surface area contributed by atoms with E-state index in [1.807, 2.05) is 0 Å². The first-order chi connectivity index (χ1) is 8.91. The van der Waals surface area contributed by atoms with Crippen LogP contribution in [-0.2, 0) is 14.3 Å². The van der Waals surface area contributed by atoms with Gasteiger partial charge in [0.15, 0.2) is 13.1 Å². The number of likely N-dealkylation sites (N-methyl/N-ethyl adjacent to an activating group) is 2. The summed E-state index contributed by atoms with van der Waals surface area (Å²) in [5, 5.41) is 0. The van der Waals surface area contributed by atoms with Crippen LogP contribution >= 0.6 is 0 Å². The van der Waals surface area contributed by atoms with E-state index in [9.17, 15) is 9.59 Å². The van der Waals surface area contributed by atoms with Crippen LogP contribution in [0.25, 0.3) is 0 Å². The average Bonchev–Trinajstić information content (AvgIpc) is 2.87. The fraction of sp³-hybridized carbons (Fsp3) is 0.857. The SMILES string of the molecule is C[N+]1(CC(=O)OC(=O)C[N+]2(C)CCCC2)CCCC1. The minimum Gasteiger partial charge on any atom is -0.385 e. The quantitative estimate of drug-likeness (QED) is 0.425. The zero-order valence-corrected chi connectivity index (χ0v) is 12.2. The lowest BCUT2D eigenvalue weighted by Crippen LogP contribution is -2.48. The van der Waals surface area contributed by atoms with E-state index in [-0.39, 0.29) is 11.9 Å². The second-order valence-electron chi connectivity index (χ2n) is 6.71. The summed E-state index contributed by atoms with van der Waals surface area (Å²) in [4.78, 5) is 23.7. The predicted molar refractivity (Wildman–Crippen MR) is 71.1 cm³/mol. The standard InChI is InChI=1S/C14H26N2O3/c1-15(7-3-4-8-15)11-13(17)19-14(18)12-16(2)9-5-6-10-16/h3-12H2,1-2H3/q+2. The molecule has 2 rings (SSSR count). The minimum absolute atomic E-state index is 0.329. The van der Waals surface area contributed by atoms with Crippen molar-refractivity contribution in [3.8, 4) is 0 Å². The van der Waals surface area contributed by atoms with Crippen molar-refractivity contribution in [2.75, 3.05) is 53.4 Å². The average molecular weight is 270 g/mol. The Morgan fingerprint density at radius 1 is 0.789 bits per heavy atom. The largest absolute Gasteiger partial charge is 0.385 e. The molecular formula is C14H26N2O3+2. The van der Waals surface area contributed by atoms with Crippen LogP contribution in [0.5, 0.6) is 0 Å². The molecule has 0 bridgehead atoms. The maximum atomic E-state index is 11.8. The highest BCUT2D eigenvalue weighted by Crippen LogP contribution is 2.17. The van der Waals surface area contributed by atoms with Gasteiger partial charge in [0.05, 0.1) is 40.3 Å². The van der Waals surface area contributed by atoms with Gasteiger partial charge in [0.2, 0.25) is 0 Å². The third-order valence-corrected chi connectivity index (χ3v) is 4.54. The highest BCUT2D eigenvalue weighted by Gasteiger charge is 2.34. The highest BCUT2D eigenvalue weighted by atomic mass is 16.6. The molecule has 108 valence electrons. The van der Waals surface area contributed by atoms with Crippen LogP contribution in [0.2, 0.25) is 0 Å². The second-order valence-corrected chi connectivity index (χ2v) is 6.71. The molecule has 0 aromatic carbocycles. The van der Waals surface area contributed by atoms with E-state index in [1.165, 1.54) is 0 Å². The van der Waals surface area contributed by atoms with Crippen molar-refractivity contribution < 1.29 is 23.3 Å². The molecule has 2 aliphatic heterocycles. The summed E-state index contributed by atoms with van der Waals surface area (Å²) in [6.45, 7) is 4.70. The summed E-state index contributed by atoms with van der Waals surface area (Å²) < 4.78 is 6.44. The molecule has 0 saturated carbocycles. The van der Waals surface area contributed by atoms with E-state index in [4.69, 9.17) is 4.74 Å². The number of likely N-dealkylation sites (tertiary alicyclic amines) is 2. The highest BCUT2D eigenvalue weighted by molar-refractivity contribution is 5.86. The zero-order chi connectivity index (χ0) is 13.9. The Labute approximate surface area is 115 Å². The fourth-order valence-electron chi connectivity index (χ4n) is 3.33. The molecule has 0 aromatic rings. The van der Waals surface area contributed by atoms with Gasteiger partial charge in [-0.1, -0.05) is 0 Å². The van der Waals surface area contributed by atoms with Gasteiger partial charge in [-0.25, -0.2) is 9.59 Å². The van der Waals surface area contributed by atoms with Crippen molar-refractivity contribution >= 4 is 11.9 Å². The topological polar surface area (TPSA) is 43.4 Å². The van der Waals surface area contributed by atoms with Crippen molar-refractivity contribution in [3.05, 3.63) is 0 Å². The van der Waals surface area contributed by atoms with Crippen molar-refractivity contribution in [1.29, 1.82) is 0 Å². The summed E-state index contributed by atoms with van der Waals surface area (Å²) in [7, 11) is 4.13. The third kappa shape index (κ3) is 4.01. The monoisotopic (exact) mass is 270 g/mol. The Kier molecular flexibility index (Phi) is 4.26. The molecule has 0 unspecified atom stereocenters. The van der Waals surface area contributed by atoms with E-state index in [0.29, 0.717) is 13.1 Å². The van der Waals surface area contributed by atoms with Gasteiger partial charge in [-0.3, -0.25) is 0 Å². The lowest BCUT2D eigenvalue weighted by molar-refractivity contribution is -0.891. The lowest BCUT2D eigenvalue weighted by Gasteiger charge is -2.29. The molecule has 0 aromatic heterocycles. The number of hydrogen-bond donors (Lipinski definition) is 0. The summed E-state index contributed by atoms with van der Waals surface area (Å²) in [5.74, 6) is -0.722. The van der Waals surface area contributed by atoms with E-state index < -0.39 is 0 Å².